The average Bonchev–Trinajstić information content (AvgIpc) is 3.18. The van der Waals surface area contributed by atoms with Crippen LogP contribution in [0, 0.1) is 0 Å². The molecule has 3 rings (SSSR count). The Hall–Kier alpha value is -2.48. The fourth-order valence-corrected chi connectivity index (χ4v) is 3.55. The summed E-state index contributed by atoms with van der Waals surface area (Å²) in [5.74, 6) is 0.656. The highest BCUT2D eigenvalue weighted by Gasteiger charge is 2.33. The molecule has 1 aliphatic rings. The zero-order valence-corrected chi connectivity index (χ0v) is 17.4. The second-order valence-corrected chi connectivity index (χ2v) is 7.67. The number of aromatic nitrogens is 2. The van der Waals surface area contributed by atoms with Crippen molar-refractivity contribution < 1.29 is 14.1 Å². The van der Waals surface area contributed by atoms with Gasteiger partial charge in [-0.25, -0.2) is 0 Å². The number of benzene rings is 1. The van der Waals surface area contributed by atoms with Crippen molar-refractivity contribution in [2.75, 3.05) is 19.6 Å². The van der Waals surface area contributed by atoms with Crippen LogP contribution in [-0.4, -0.2) is 51.4 Å². The third-order valence-electron chi connectivity index (χ3n) is 4.77. The molecule has 0 spiro atoms. The molecule has 7 nitrogen and oxygen atoms in total. The monoisotopic (exact) mass is 446 g/mol. The van der Waals surface area contributed by atoms with Crippen molar-refractivity contribution in [3.8, 4) is 11.4 Å². The second-order valence-electron chi connectivity index (χ2n) is 6.75. The lowest BCUT2D eigenvalue weighted by Gasteiger charge is -2.34. The molecule has 1 aromatic heterocycles. The van der Waals surface area contributed by atoms with E-state index in [9.17, 15) is 9.59 Å². The molecule has 1 unspecified atom stereocenters. The maximum Gasteiger partial charge on any atom is 0.249 e. The first-order valence-electron chi connectivity index (χ1n) is 9.25. The molecule has 0 bridgehead atoms. The maximum atomic E-state index is 12.9. The first kappa shape index (κ1) is 20.3. The summed E-state index contributed by atoms with van der Waals surface area (Å²) in [6.45, 7) is 6.07. The van der Waals surface area contributed by atoms with Crippen molar-refractivity contribution in [2.45, 2.75) is 32.2 Å². The van der Waals surface area contributed by atoms with E-state index in [0.29, 0.717) is 24.8 Å². The van der Waals surface area contributed by atoms with Gasteiger partial charge in [-0.15, -0.1) is 6.58 Å². The van der Waals surface area contributed by atoms with Crippen LogP contribution in [0.4, 0.5) is 0 Å². The van der Waals surface area contributed by atoms with Crippen LogP contribution in [0.2, 0.25) is 0 Å². The number of hydrogen-bond donors (Lipinski definition) is 0. The van der Waals surface area contributed by atoms with Gasteiger partial charge in [-0.2, -0.15) is 4.98 Å². The molecule has 0 aliphatic carbocycles. The van der Waals surface area contributed by atoms with Gasteiger partial charge in [0.05, 0.1) is 0 Å². The molecule has 2 aromatic rings. The third-order valence-corrected chi connectivity index (χ3v) is 5.30. The van der Waals surface area contributed by atoms with Crippen LogP contribution in [0.15, 0.2) is 45.9 Å². The first-order valence-corrected chi connectivity index (χ1v) is 10.0. The van der Waals surface area contributed by atoms with E-state index >= 15 is 0 Å². The van der Waals surface area contributed by atoms with Gasteiger partial charge >= 0.3 is 0 Å². The molecule has 0 radical (unpaired) electrons. The van der Waals surface area contributed by atoms with Crippen molar-refractivity contribution in [3.05, 3.63) is 47.3 Å². The van der Waals surface area contributed by atoms with Gasteiger partial charge in [0.1, 0.15) is 12.6 Å². The van der Waals surface area contributed by atoms with Gasteiger partial charge in [-0.05, 0) is 43.5 Å². The molecule has 1 aromatic carbocycles. The van der Waals surface area contributed by atoms with E-state index in [1.807, 2.05) is 24.3 Å². The molecule has 1 atom stereocenters. The molecule has 0 saturated carbocycles. The van der Waals surface area contributed by atoms with Crippen LogP contribution in [0.1, 0.15) is 38.1 Å². The van der Waals surface area contributed by atoms with E-state index < -0.39 is 0 Å². The lowest BCUT2D eigenvalue weighted by molar-refractivity contribution is -0.142. The van der Waals surface area contributed by atoms with Gasteiger partial charge in [0.15, 0.2) is 0 Å². The molecule has 1 fully saturated rings. The molecule has 0 N–H and O–H groups in total. The Morgan fingerprint density at radius 2 is 2.11 bits per heavy atom. The number of amides is 2. The molecule has 1 saturated heterocycles. The lowest BCUT2D eigenvalue weighted by atomic mass is 10.0. The molecule has 2 amide bonds. The Morgan fingerprint density at radius 3 is 2.79 bits per heavy atom. The second kappa shape index (κ2) is 9.14. The largest absolute Gasteiger partial charge is 0.337 e. The van der Waals surface area contributed by atoms with Gasteiger partial charge in [0, 0.05) is 30.0 Å². The minimum Gasteiger partial charge on any atom is -0.337 e. The highest BCUT2D eigenvalue weighted by atomic mass is 79.9. The molecule has 28 heavy (non-hydrogen) atoms. The van der Waals surface area contributed by atoms with Crippen molar-refractivity contribution >= 4 is 27.7 Å². The fourth-order valence-electron chi connectivity index (χ4n) is 3.29. The van der Waals surface area contributed by atoms with Crippen LogP contribution in [0.3, 0.4) is 0 Å². The predicted molar refractivity (Wildman–Crippen MR) is 108 cm³/mol. The fraction of sp³-hybridized carbons (Fsp3) is 0.400. The van der Waals surface area contributed by atoms with Gasteiger partial charge in [-0.1, -0.05) is 27.2 Å². The molecular weight excluding hydrogens is 424 g/mol. The predicted octanol–water partition coefficient (Wildman–Crippen LogP) is 3.59. The zero-order valence-electron chi connectivity index (χ0n) is 15.8. The van der Waals surface area contributed by atoms with Gasteiger partial charge in [0.25, 0.3) is 0 Å². The summed E-state index contributed by atoms with van der Waals surface area (Å²) >= 11 is 3.41. The Balaban J connectivity index is 1.78. The quantitative estimate of drug-likeness (QED) is 0.633. The highest BCUT2D eigenvalue weighted by Crippen LogP contribution is 2.31. The van der Waals surface area contributed by atoms with Crippen LogP contribution in [0.25, 0.3) is 11.4 Å². The normalized spacial score (nSPS) is 16.6. The Morgan fingerprint density at radius 1 is 1.36 bits per heavy atom. The van der Waals surface area contributed by atoms with E-state index in [4.69, 9.17) is 4.52 Å². The Bertz CT molecular complexity index is 849. The topological polar surface area (TPSA) is 79.5 Å². The summed E-state index contributed by atoms with van der Waals surface area (Å²) in [6, 6.07) is 7.37. The lowest BCUT2D eigenvalue weighted by Crippen LogP contribution is -2.45. The molecule has 8 heteroatoms. The number of likely N-dealkylation sites (tertiary alicyclic amines) is 1. The third kappa shape index (κ3) is 4.67. The van der Waals surface area contributed by atoms with Crippen molar-refractivity contribution in [3.63, 3.8) is 0 Å². The summed E-state index contributed by atoms with van der Waals surface area (Å²) in [5, 5.41) is 4.09. The molecule has 1 aliphatic heterocycles. The summed E-state index contributed by atoms with van der Waals surface area (Å²) in [6.07, 6.45) is 4.27. The minimum atomic E-state index is -0.268. The number of carbonyl (C=O) groups excluding carboxylic acids is 2. The van der Waals surface area contributed by atoms with E-state index in [1.54, 1.807) is 11.0 Å². The van der Waals surface area contributed by atoms with Crippen molar-refractivity contribution in [1.82, 2.24) is 19.9 Å². The minimum absolute atomic E-state index is 0.0194. The van der Waals surface area contributed by atoms with Gasteiger partial charge in [-0.3, -0.25) is 9.59 Å². The molecule has 148 valence electrons. The van der Waals surface area contributed by atoms with Crippen molar-refractivity contribution in [2.24, 2.45) is 0 Å². The first-order chi connectivity index (χ1) is 13.5. The van der Waals surface area contributed by atoms with Crippen LogP contribution in [0.5, 0.6) is 0 Å². The number of hydrogen-bond acceptors (Lipinski definition) is 5. The van der Waals surface area contributed by atoms with Gasteiger partial charge in [0.2, 0.25) is 23.5 Å². The summed E-state index contributed by atoms with van der Waals surface area (Å²) in [5.41, 5.74) is 0.848. The molecular formula is C20H23BrN4O3. The van der Waals surface area contributed by atoms with E-state index in [1.165, 1.54) is 11.8 Å². The van der Waals surface area contributed by atoms with E-state index in [-0.39, 0.29) is 24.4 Å². The van der Waals surface area contributed by atoms with Crippen LogP contribution < -0.4 is 0 Å². The summed E-state index contributed by atoms with van der Waals surface area (Å²) < 4.78 is 6.48. The highest BCUT2D eigenvalue weighted by molar-refractivity contribution is 9.10. The van der Waals surface area contributed by atoms with Crippen LogP contribution in [-0.2, 0) is 9.59 Å². The smallest absolute Gasteiger partial charge is 0.249 e. The van der Waals surface area contributed by atoms with E-state index in [2.05, 4.69) is 32.6 Å². The Kier molecular flexibility index (Phi) is 6.61. The maximum absolute atomic E-state index is 12.9. The number of nitrogens with zero attached hydrogens (tertiary/aromatic N) is 4. The zero-order chi connectivity index (χ0) is 20.1. The standard InChI is InChI=1S/C20H23BrN4O3/c1-3-11-24(14(2)26)13-18(27)25-12-5-4-6-17(25)20-22-19(23-28-20)15-7-9-16(21)10-8-15/h3,7-10,17H,1,4-6,11-13H2,2H3. The number of piperidine rings is 1. The van der Waals surface area contributed by atoms with Crippen LogP contribution >= 0.6 is 15.9 Å². The van der Waals surface area contributed by atoms with E-state index in [0.717, 1.165) is 29.3 Å². The van der Waals surface area contributed by atoms with Crippen molar-refractivity contribution in [1.29, 1.82) is 0 Å². The molecule has 2 heterocycles. The number of rotatable bonds is 6. The SMILES string of the molecule is C=CCN(CC(=O)N1CCCCC1c1nc(-c2ccc(Br)cc2)no1)C(C)=O. The number of halogens is 1. The Labute approximate surface area is 172 Å². The average molecular weight is 447 g/mol. The van der Waals surface area contributed by atoms with Gasteiger partial charge < -0.3 is 14.3 Å². The summed E-state index contributed by atoms with van der Waals surface area (Å²) in [4.78, 5) is 32.4. The number of carbonyl (C=O) groups is 2. The summed E-state index contributed by atoms with van der Waals surface area (Å²) in [7, 11) is 0.